The topological polar surface area (TPSA) is 63.4 Å². The van der Waals surface area contributed by atoms with Crippen LogP contribution in [0.25, 0.3) is 0 Å². The lowest BCUT2D eigenvalue weighted by Crippen LogP contribution is -2.42. The van der Waals surface area contributed by atoms with Crippen LogP contribution >= 0.6 is 0 Å². The van der Waals surface area contributed by atoms with Gasteiger partial charge in [-0.25, -0.2) is 8.78 Å². The molecular weight excluding hydrogens is 290 g/mol. The third-order valence-corrected chi connectivity index (χ3v) is 4.69. The number of hydrogen-bond acceptors (Lipinski definition) is 2. The Balaban J connectivity index is 1.59. The van der Waals surface area contributed by atoms with Crippen molar-refractivity contribution in [1.29, 1.82) is 0 Å². The molecule has 118 valence electrons. The standard InChI is InChI=1S/C16H18F2N2O2/c17-13-2-1-10(7-14(13)18)11-8-12(11)16(22)20-5-3-9(4-6-20)15(19)21/h1-2,7,9,11-12H,3-6,8H2,(H2,19,21). The number of primary amides is 1. The van der Waals surface area contributed by atoms with E-state index in [1.807, 2.05) is 0 Å². The molecule has 1 aromatic carbocycles. The zero-order valence-corrected chi connectivity index (χ0v) is 12.1. The van der Waals surface area contributed by atoms with Gasteiger partial charge in [0, 0.05) is 24.9 Å². The molecule has 2 atom stereocenters. The van der Waals surface area contributed by atoms with Crippen LogP contribution in [-0.4, -0.2) is 29.8 Å². The van der Waals surface area contributed by atoms with Crippen LogP contribution in [0.1, 0.15) is 30.7 Å². The molecule has 0 spiro atoms. The number of amides is 2. The lowest BCUT2D eigenvalue weighted by atomic mass is 9.96. The van der Waals surface area contributed by atoms with Crippen LogP contribution < -0.4 is 5.73 Å². The Kier molecular flexibility index (Phi) is 3.85. The molecule has 2 N–H and O–H groups in total. The van der Waals surface area contributed by atoms with Gasteiger partial charge in [-0.1, -0.05) is 6.07 Å². The van der Waals surface area contributed by atoms with Crippen LogP contribution in [0.15, 0.2) is 18.2 Å². The molecule has 2 unspecified atom stereocenters. The van der Waals surface area contributed by atoms with E-state index < -0.39 is 11.6 Å². The fraction of sp³-hybridized carbons (Fsp3) is 0.500. The van der Waals surface area contributed by atoms with Gasteiger partial charge >= 0.3 is 0 Å². The molecule has 1 aliphatic carbocycles. The number of halogens is 2. The molecule has 4 nitrogen and oxygen atoms in total. The molecule has 1 saturated carbocycles. The maximum Gasteiger partial charge on any atom is 0.226 e. The molecule has 0 radical (unpaired) electrons. The number of likely N-dealkylation sites (tertiary alicyclic amines) is 1. The molecule has 2 amide bonds. The van der Waals surface area contributed by atoms with Crippen molar-refractivity contribution in [2.75, 3.05) is 13.1 Å². The first-order valence-electron chi connectivity index (χ1n) is 7.50. The molecular formula is C16H18F2N2O2. The van der Waals surface area contributed by atoms with E-state index in [1.54, 1.807) is 4.90 Å². The highest BCUT2D eigenvalue weighted by Gasteiger charge is 2.46. The number of carbonyl (C=O) groups excluding carboxylic acids is 2. The second-order valence-electron chi connectivity index (χ2n) is 6.12. The van der Waals surface area contributed by atoms with Crippen LogP contribution in [0.5, 0.6) is 0 Å². The van der Waals surface area contributed by atoms with E-state index >= 15 is 0 Å². The first kappa shape index (κ1) is 14.9. The smallest absolute Gasteiger partial charge is 0.226 e. The largest absolute Gasteiger partial charge is 0.369 e. The first-order chi connectivity index (χ1) is 10.5. The van der Waals surface area contributed by atoms with Gasteiger partial charge in [-0.3, -0.25) is 9.59 Å². The summed E-state index contributed by atoms with van der Waals surface area (Å²) < 4.78 is 26.2. The van der Waals surface area contributed by atoms with Gasteiger partial charge in [0.25, 0.3) is 0 Å². The second-order valence-corrected chi connectivity index (χ2v) is 6.12. The van der Waals surface area contributed by atoms with Gasteiger partial charge in [-0.2, -0.15) is 0 Å². The number of carbonyl (C=O) groups is 2. The molecule has 2 fully saturated rings. The summed E-state index contributed by atoms with van der Waals surface area (Å²) in [6.45, 7) is 1.07. The van der Waals surface area contributed by atoms with Gasteiger partial charge in [-0.15, -0.1) is 0 Å². The molecule has 22 heavy (non-hydrogen) atoms. The van der Waals surface area contributed by atoms with Crippen molar-refractivity contribution in [3.8, 4) is 0 Å². The van der Waals surface area contributed by atoms with Crippen molar-refractivity contribution < 1.29 is 18.4 Å². The summed E-state index contributed by atoms with van der Waals surface area (Å²) in [7, 11) is 0. The minimum Gasteiger partial charge on any atom is -0.369 e. The van der Waals surface area contributed by atoms with Gasteiger partial charge < -0.3 is 10.6 Å². The van der Waals surface area contributed by atoms with E-state index in [-0.39, 0.29) is 29.6 Å². The van der Waals surface area contributed by atoms with Crippen molar-refractivity contribution >= 4 is 11.8 Å². The minimum atomic E-state index is -0.877. The monoisotopic (exact) mass is 308 g/mol. The Labute approximate surface area is 127 Å². The van der Waals surface area contributed by atoms with Gasteiger partial charge in [-0.05, 0) is 42.9 Å². The maximum atomic E-state index is 13.3. The number of nitrogens with zero attached hydrogens (tertiary/aromatic N) is 1. The summed E-state index contributed by atoms with van der Waals surface area (Å²) in [5.74, 6) is -2.36. The van der Waals surface area contributed by atoms with E-state index in [0.717, 1.165) is 6.07 Å². The van der Waals surface area contributed by atoms with E-state index in [9.17, 15) is 18.4 Å². The predicted octanol–water partition coefficient (Wildman–Crippen LogP) is 1.79. The lowest BCUT2D eigenvalue weighted by molar-refractivity contribution is -0.136. The van der Waals surface area contributed by atoms with Gasteiger partial charge in [0.15, 0.2) is 11.6 Å². The third kappa shape index (κ3) is 2.82. The number of benzene rings is 1. The van der Waals surface area contributed by atoms with E-state index in [4.69, 9.17) is 5.73 Å². The fourth-order valence-corrected chi connectivity index (χ4v) is 3.20. The molecule has 2 aliphatic rings. The zero-order valence-electron chi connectivity index (χ0n) is 12.1. The summed E-state index contributed by atoms with van der Waals surface area (Å²) in [5.41, 5.74) is 5.95. The second kappa shape index (κ2) is 5.66. The fourth-order valence-electron chi connectivity index (χ4n) is 3.20. The summed E-state index contributed by atoms with van der Waals surface area (Å²) in [6, 6.07) is 3.81. The summed E-state index contributed by atoms with van der Waals surface area (Å²) in [6.07, 6.45) is 1.87. The van der Waals surface area contributed by atoms with Crippen molar-refractivity contribution in [3.05, 3.63) is 35.4 Å². The van der Waals surface area contributed by atoms with Crippen LogP contribution in [0.4, 0.5) is 8.78 Å². The van der Waals surface area contributed by atoms with Crippen molar-refractivity contribution in [3.63, 3.8) is 0 Å². The highest BCUT2D eigenvalue weighted by molar-refractivity contribution is 5.83. The molecule has 1 heterocycles. The molecule has 0 bridgehead atoms. The van der Waals surface area contributed by atoms with Crippen LogP contribution in [-0.2, 0) is 9.59 Å². The molecule has 1 aromatic rings. The SMILES string of the molecule is NC(=O)C1CCN(C(=O)C2CC2c2ccc(F)c(F)c2)CC1. The Bertz CT molecular complexity index is 612. The van der Waals surface area contributed by atoms with Crippen LogP contribution in [0, 0.1) is 23.5 Å². The average molecular weight is 308 g/mol. The van der Waals surface area contributed by atoms with Crippen LogP contribution in [0.3, 0.4) is 0 Å². The van der Waals surface area contributed by atoms with Crippen LogP contribution in [0.2, 0.25) is 0 Å². The minimum absolute atomic E-state index is 0.0311. The predicted molar refractivity (Wildman–Crippen MR) is 75.7 cm³/mol. The quantitative estimate of drug-likeness (QED) is 0.925. The number of piperidine rings is 1. The Hall–Kier alpha value is -1.98. The number of hydrogen-bond donors (Lipinski definition) is 1. The summed E-state index contributed by atoms with van der Waals surface area (Å²) in [5, 5.41) is 0. The molecule has 0 aromatic heterocycles. The highest BCUT2D eigenvalue weighted by atomic mass is 19.2. The normalized spacial score (nSPS) is 25.1. The van der Waals surface area contributed by atoms with Crippen molar-refractivity contribution in [2.24, 2.45) is 17.6 Å². The molecule has 1 saturated heterocycles. The van der Waals surface area contributed by atoms with E-state index in [2.05, 4.69) is 0 Å². The Morgan fingerprint density at radius 2 is 1.82 bits per heavy atom. The van der Waals surface area contributed by atoms with Crippen molar-refractivity contribution in [1.82, 2.24) is 4.90 Å². The summed E-state index contributed by atoms with van der Waals surface area (Å²) >= 11 is 0. The zero-order chi connectivity index (χ0) is 15.9. The molecule has 1 aliphatic heterocycles. The third-order valence-electron chi connectivity index (χ3n) is 4.69. The number of nitrogens with two attached hydrogens (primary N) is 1. The molecule has 3 rings (SSSR count). The number of rotatable bonds is 3. The van der Waals surface area contributed by atoms with Gasteiger partial charge in [0.05, 0.1) is 0 Å². The van der Waals surface area contributed by atoms with Gasteiger partial charge in [0.1, 0.15) is 0 Å². The van der Waals surface area contributed by atoms with E-state index in [0.29, 0.717) is 37.9 Å². The first-order valence-corrected chi connectivity index (χ1v) is 7.50. The Morgan fingerprint density at radius 3 is 2.41 bits per heavy atom. The summed E-state index contributed by atoms with van der Waals surface area (Å²) in [4.78, 5) is 25.3. The Morgan fingerprint density at radius 1 is 1.14 bits per heavy atom. The van der Waals surface area contributed by atoms with Gasteiger partial charge in [0.2, 0.25) is 11.8 Å². The molecule has 6 heteroatoms. The van der Waals surface area contributed by atoms with E-state index in [1.165, 1.54) is 12.1 Å². The lowest BCUT2D eigenvalue weighted by Gasteiger charge is -2.30. The highest BCUT2D eigenvalue weighted by Crippen LogP contribution is 2.49. The maximum absolute atomic E-state index is 13.3. The van der Waals surface area contributed by atoms with Crippen molar-refractivity contribution in [2.45, 2.75) is 25.2 Å². The average Bonchev–Trinajstić information content (AvgIpc) is 3.30.